The molecule has 7 heteroatoms. The fourth-order valence-electron chi connectivity index (χ4n) is 2.41. The molecule has 0 aliphatic carbocycles. The van der Waals surface area contributed by atoms with Crippen molar-refractivity contribution in [2.24, 2.45) is 0 Å². The molecule has 1 saturated heterocycles. The first-order valence-corrected chi connectivity index (χ1v) is 8.79. The van der Waals surface area contributed by atoms with E-state index in [2.05, 4.69) is 10.3 Å². The highest BCUT2D eigenvalue weighted by Gasteiger charge is 2.20. The average molecular weight is 348 g/mol. The second-order valence-corrected chi connectivity index (χ2v) is 6.54. The van der Waals surface area contributed by atoms with Crippen molar-refractivity contribution in [1.29, 1.82) is 0 Å². The van der Waals surface area contributed by atoms with E-state index in [9.17, 15) is 9.90 Å². The fraction of sp³-hybridized carbons (Fsp3) is 0.412. The van der Waals surface area contributed by atoms with Gasteiger partial charge in [0, 0.05) is 17.6 Å². The van der Waals surface area contributed by atoms with E-state index in [1.807, 2.05) is 5.38 Å². The molecule has 1 aromatic heterocycles. The van der Waals surface area contributed by atoms with Crippen molar-refractivity contribution in [3.05, 3.63) is 29.6 Å². The Morgan fingerprint density at radius 2 is 2.29 bits per heavy atom. The Morgan fingerprint density at radius 1 is 1.50 bits per heavy atom. The second-order valence-electron chi connectivity index (χ2n) is 5.68. The topological polar surface area (TPSA) is 80.7 Å². The summed E-state index contributed by atoms with van der Waals surface area (Å²) in [5.74, 6) is -0.0145. The van der Waals surface area contributed by atoms with Crippen molar-refractivity contribution in [1.82, 2.24) is 4.98 Å². The van der Waals surface area contributed by atoms with E-state index in [0.29, 0.717) is 11.7 Å². The standard InChI is InChI=1S/C17H20N2O4S/c1-11(23-9-14-3-2-8-22-14)16(21)19-17-18-15(10-24-17)12-4-6-13(20)7-5-12/h4-7,10-11,14,20H,2-3,8-9H2,1H3,(H,18,19,21)/t11-,14+/m1/s1. The van der Waals surface area contributed by atoms with Gasteiger partial charge in [0.05, 0.1) is 18.4 Å². The monoisotopic (exact) mass is 348 g/mol. The van der Waals surface area contributed by atoms with Crippen molar-refractivity contribution in [2.75, 3.05) is 18.5 Å². The van der Waals surface area contributed by atoms with Crippen LogP contribution in [-0.2, 0) is 14.3 Å². The van der Waals surface area contributed by atoms with Crippen molar-refractivity contribution >= 4 is 22.4 Å². The third kappa shape index (κ3) is 4.31. The minimum Gasteiger partial charge on any atom is -0.508 e. The lowest BCUT2D eigenvalue weighted by molar-refractivity contribution is -0.128. The summed E-state index contributed by atoms with van der Waals surface area (Å²) in [5, 5.41) is 14.5. The van der Waals surface area contributed by atoms with Crippen LogP contribution in [0.3, 0.4) is 0 Å². The predicted octanol–water partition coefficient (Wildman–Crippen LogP) is 3.04. The van der Waals surface area contributed by atoms with E-state index in [1.54, 1.807) is 31.2 Å². The number of carbonyl (C=O) groups is 1. The maximum Gasteiger partial charge on any atom is 0.254 e. The van der Waals surface area contributed by atoms with E-state index < -0.39 is 6.10 Å². The number of nitrogens with zero attached hydrogens (tertiary/aromatic N) is 1. The number of thiazole rings is 1. The van der Waals surface area contributed by atoms with Crippen LogP contribution < -0.4 is 5.32 Å². The van der Waals surface area contributed by atoms with Crippen LogP contribution in [0.2, 0.25) is 0 Å². The Morgan fingerprint density at radius 3 is 3.00 bits per heavy atom. The first-order chi connectivity index (χ1) is 11.6. The fourth-order valence-corrected chi connectivity index (χ4v) is 3.13. The molecule has 3 rings (SSSR count). The first-order valence-electron chi connectivity index (χ1n) is 7.91. The van der Waals surface area contributed by atoms with Gasteiger partial charge in [0.2, 0.25) is 0 Å². The van der Waals surface area contributed by atoms with Crippen LogP contribution in [-0.4, -0.2) is 41.4 Å². The Labute approximate surface area is 144 Å². The van der Waals surface area contributed by atoms with Gasteiger partial charge in [-0.25, -0.2) is 4.98 Å². The molecule has 0 bridgehead atoms. The molecule has 1 aliphatic heterocycles. The Balaban J connectivity index is 1.53. The number of benzene rings is 1. The van der Waals surface area contributed by atoms with E-state index in [1.165, 1.54) is 11.3 Å². The number of carbonyl (C=O) groups excluding carboxylic acids is 1. The van der Waals surface area contributed by atoms with Gasteiger partial charge in [-0.15, -0.1) is 11.3 Å². The van der Waals surface area contributed by atoms with Gasteiger partial charge in [-0.1, -0.05) is 0 Å². The summed E-state index contributed by atoms with van der Waals surface area (Å²) >= 11 is 1.35. The SMILES string of the molecule is C[C@@H](OC[C@@H]1CCCO1)C(=O)Nc1nc(-c2ccc(O)cc2)cs1. The minimum atomic E-state index is -0.560. The molecule has 1 aromatic carbocycles. The van der Waals surface area contributed by atoms with Gasteiger partial charge in [-0.05, 0) is 44.0 Å². The summed E-state index contributed by atoms with van der Waals surface area (Å²) in [6.45, 7) is 2.93. The average Bonchev–Trinajstić information content (AvgIpc) is 3.25. The van der Waals surface area contributed by atoms with Crippen molar-refractivity contribution in [2.45, 2.75) is 32.0 Å². The molecule has 1 fully saturated rings. The summed E-state index contributed by atoms with van der Waals surface area (Å²) < 4.78 is 11.1. The Hall–Kier alpha value is -1.96. The molecule has 6 nitrogen and oxygen atoms in total. The number of aromatic hydroxyl groups is 1. The van der Waals surface area contributed by atoms with Gasteiger partial charge in [0.25, 0.3) is 5.91 Å². The van der Waals surface area contributed by atoms with Gasteiger partial charge in [-0.2, -0.15) is 0 Å². The van der Waals surface area contributed by atoms with Gasteiger partial charge in [-0.3, -0.25) is 10.1 Å². The Bertz CT molecular complexity index is 680. The zero-order chi connectivity index (χ0) is 16.9. The molecule has 0 unspecified atom stereocenters. The second kappa shape index (κ2) is 7.74. The lowest BCUT2D eigenvalue weighted by Gasteiger charge is -2.15. The Kier molecular flexibility index (Phi) is 5.44. The number of hydrogen-bond donors (Lipinski definition) is 2. The van der Waals surface area contributed by atoms with Crippen LogP contribution >= 0.6 is 11.3 Å². The minimum absolute atomic E-state index is 0.0983. The zero-order valence-corrected chi connectivity index (χ0v) is 14.2. The summed E-state index contributed by atoms with van der Waals surface area (Å²) in [6.07, 6.45) is 1.57. The van der Waals surface area contributed by atoms with Gasteiger partial charge >= 0.3 is 0 Å². The maximum atomic E-state index is 12.2. The molecule has 0 spiro atoms. The molecule has 0 radical (unpaired) electrons. The molecule has 128 valence electrons. The van der Waals surface area contributed by atoms with Crippen LogP contribution in [0.4, 0.5) is 5.13 Å². The molecule has 2 N–H and O–H groups in total. The molecule has 2 aromatic rings. The molecule has 1 amide bonds. The van der Waals surface area contributed by atoms with Gasteiger partial charge < -0.3 is 14.6 Å². The predicted molar refractivity (Wildman–Crippen MR) is 92.2 cm³/mol. The summed E-state index contributed by atoms with van der Waals surface area (Å²) in [7, 11) is 0. The molecule has 0 saturated carbocycles. The maximum absolute atomic E-state index is 12.2. The quantitative estimate of drug-likeness (QED) is 0.839. The molecule has 2 atom stereocenters. The van der Waals surface area contributed by atoms with E-state index >= 15 is 0 Å². The van der Waals surface area contributed by atoms with Gasteiger partial charge in [0.15, 0.2) is 5.13 Å². The number of anilines is 1. The van der Waals surface area contributed by atoms with Crippen molar-refractivity contribution < 1.29 is 19.4 Å². The number of aromatic nitrogens is 1. The smallest absolute Gasteiger partial charge is 0.254 e. The van der Waals surface area contributed by atoms with Crippen molar-refractivity contribution in [3.8, 4) is 17.0 Å². The highest BCUT2D eigenvalue weighted by Crippen LogP contribution is 2.26. The molecule has 1 aliphatic rings. The van der Waals surface area contributed by atoms with Crippen LogP contribution in [0.5, 0.6) is 5.75 Å². The number of amides is 1. The first kappa shape index (κ1) is 16.9. The molecule has 24 heavy (non-hydrogen) atoms. The summed E-state index contributed by atoms with van der Waals surface area (Å²) in [4.78, 5) is 16.6. The summed E-state index contributed by atoms with van der Waals surface area (Å²) in [5.41, 5.74) is 1.63. The third-order valence-electron chi connectivity index (χ3n) is 3.82. The van der Waals surface area contributed by atoms with Crippen LogP contribution in [0.1, 0.15) is 19.8 Å². The number of phenolic OH excluding ortho intramolecular Hbond substituents is 1. The van der Waals surface area contributed by atoms with E-state index in [0.717, 1.165) is 30.7 Å². The normalized spacial score (nSPS) is 18.5. The number of rotatable bonds is 6. The molecular formula is C17H20N2O4S. The largest absolute Gasteiger partial charge is 0.508 e. The molecule has 2 heterocycles. The van der Waals surface area contributed by atoms with Crippen LogP contribution in [0, 0.1) is 0 Å². The van der Waals surface area contributed by atoms with E-state index in [4.69, 9.17) is 9.47 Å². The number of ether oxygens (including phenoxy) is 2. The number of nitrogens with one attached hydrogen (secondary N) is 1. The van der Waals surface area contributed by atoms with Crippen molar-refractivity contribution in [3.63, 3.8) is 0 Å². The van der Waals surface area contributed by atoms with Crippen LogP contribution in [0.15, 0.2) is 29.6 Å². The lowest BCUT2D eigenvalue weighted by Crippen LogP contribution is -2.30. The van der Waals surface area contributed by atoms with E-state index in [-0.39, 0.29) is 17.8 Å². The highest BCUT2D eigenvalue weighted by atomic mass is 32.1. The van der Waals surface area contributed by atoms with Gasteiger partial charge in [0.1, 0.15) is 11.9 Å². The molecular weight excluding hydrogens is 328 g/mol. The third-order valence-corrected chi connectivity index (χ3v) is 4.58. The summed E-state index contributed by atoms with van der Waals surface area (Å²) in [6, 6.07) is 6.77. The number of phenols is 1. The van der Waals surface area contributed by atoms with Crippen LogP contribution in [0.25, 0.3) is 11.3 Å². The lowest BCUT2D eigenvalue weighted by atomic mass is 10.2. The zero-order valence-electron chi connectivity index (χ0n) is 13.4. The number of hydrogen-bond acceptors (Lipinski definition) is 6. The highest BCUT2D eigenvalue weighted by molar-refractivity contribution is 7.14.